The average molecular weight is 829 g/mol. The maximum atomic E-state index is 6.38. The van der Waals surface area contributed by atoms with Crippen LogP contribution in [0, 0.1) is 0 Å². The average Bonchev–Trinajstić information content (AvgIpc) is 3.71. The Morgan fingerprint density at radius 1 is 0.648 bits per heavy atom. The second-order valence-electron chi connectivity index (χ2n) is 11.5. The van der Waals surface area contributed by atoms with E-state index in [2.05, 4.69) is 58.9 Å². The third kappa shape index (κ3) is 9.88. The summed E-state index contributed by atoms with van der Waals surface area (Å²) in [5, 5.41) is 14.8. The number of nitrogens with one attached hydrogen (secondary N) is 1. The van der Waals surface area contributed by atoms with E-state index in [1.807, 2.05) is 60.9 Å². The van der Waals surface area contributed by atoms with Gasteiger partial charge in [0, 0.05) is 65.1 Å². The van der Waals surface area contributed by atoms with Crippen molar-refractivity contribution in [2.24, 2.45) is 10.3 Å². The second kappa shape index (κ2) is 19.7. The molecule has 4 aromatic heterocycles. The molecule has 14 heteroatoms. The van der Waals surface area contributed by atoms with E-state index in [-0.39, 0.29) is 31.0 Å². The number of para-hydroxylation sites is 2. The van der Waals surface area contributed by atoms with Gasteiger partial charge in [-0.15, -0.1) is 11.6 Å². The van der Waals surface area contributed by atoms with Crippen molar-refractivity contribution < 1.29 is 40.7 Å². The standard InChI is InChI=1S/C20H15Cl2N3O.C13H11N3O.C7H5Cl3.Na.H/c1-26-24-10-15-9-17-16-4-2-3-5-19(16)25(20(17)11-23-15)12-13-8-14(21)6-7-18(13)22;1-17-15-7-9-6-11-10-4-2-3-5-12(10)16-13(11)8-14-9;8-4-5-3-6(9)1-2-7(5)10;;/h2-11H,12H2,1H3;2-8,16H,1H3;1-3H,4H2;;/q;;;+1;-1/b24-10+;15-7+;;;. The molecule has 0 aliphatic heterocycles. The van der Waals surface area contributed by atoms with Crippen molar-refractivity contribution in [1.29, 1.82) is 0 Å². The Bertz CT molecular complexity index is 2600. The van der Waals surface area contributed by atoms with E-state index in [1.165, 1.54) is 19.6 Å². The summed E-state index contributed by atoms with van der Waals surface area (Å²) in [7, 11) is 3.02. The zero-order valence-electron chi connectivity index (χ0n) is 30.4. The van der Waals surface area contributed by atoms with Crippen LogP contribution in [0.2, 0.25) is 20.1 Å². The van der Waals surface area contributed by atoms with Gasteiger partial charge in [-0.2, -0.15) is 0 Å². The predicted molar refractivity (Wildman–Crippen MR) is 223 cm³/mol. The molecule has 54 heavy (non-hydrogen) atoms. The van der Waals surface area contributed by atoms with Crippen molar-refractivity contribution in [2.75, 3.05) is 14.2 Å². The molecule has 0 bridgehead atoms. The molecule has 8 aromatic rings. The summed E-state index contributed by atoms with van der Waals surface area (Å²) in [5.41, 5.74) is 7.64. The van der Waals surface area contributed by atoms with Crippen LogP contribution in [0.1, 0.15) is 23.9 Å². The first-order valence-corrected chi connectivity index (χ1v) is 18.1. The Labute approximate surface area is 360 Å². The number of pyridine rings is 2. The molecule has 4 heterocycles. The van der Waals surface area contributed by atoms with Gasteiger partial charge in [0.05, 0.1) is 47.2 Å². The second-order valence-corrected chi connectivity index (χ2v) is 13.4. The van der Waals surface area contributed by atoms with Gasteiger partial charge in [-0.1, -0.05) is 93.1 Å². The zero-order valence-corrected chi connectivity index (χ0v) is 35.2. The van der Waals surface area contributed by atoms with Crippen molar-refractivity contribution in [2.45, 2.75) is 12.4 Å². The van der Waals surface area contributed by atoms with Crippen LogP contribution in [0.5, 0.6) is 0 Å². The molecule has 0 saturated carbocycles. The van der Waals surface area contributed by atoms with Crippen molar-refractivity contribution in [3.05, 3.63) is 152 Å². The minimum absolute atomic E-state index is 0. The van der Waals surface area contributed by atoms with Gasteiger partial charge in [0.25, 0.3) is 0 Å². The number of hydrogen-bond donors (Lipinski definition) is 1. The molecule has 0 aliphatic carbocycles. The molecule has 0 saturated heterocycles. The summed E-state index contributed by atoms with van der Waals surface area (Å²) in [4.78, 5) is 21.5. The van der Waals surface area contributed by atoms with Gasteiger partial charge in [0.2, 0.25) is 0 Å². The van der Waals surface area contributed by atoms with E-state index in [9.17, 15) is 0 Å². The van der Waals surface area contributed by atoms with Crippen LogP contribution >= 0.6 is 58.0 Å². The number of alkyl halides is 1. The van der Waals surface area contributed by atoms with E-state index in [0.29, 0.717) is 32.5 Å². The normalized spacial score (nSPS) is 11.1. The Hall–Kier alpha value is -3.83. The molecule has 0 aliphatic rings. The summed E-state index contributed by atoms with van der Waals surface area (Å²) in [6.07, 6.45) is 6.86. The molecule has 8 nitrogen and oxygen atoms in total. The molecule has 270 valence electrons. The van der Waals surface area contributed by atoms with Crippen molar-refractivity contribution >= 4 is 114 Å². The number of hydrogen-bond acceptors (Lipinski definition) is 6. The number of H-pyrrole nitrogens is 1. The van der Waals surface area contributed by atoms with Gasteiger partial charge in [0.15, 0.2) is 0 Å². The van der Waals surface area contributed by atoms with Gasteiger partial charge in [-0.05, 0) is 71.8 Å². The first-order chi connectivity index (χ1) is 25.8. The van der Waals surface area contributed by atoms with Crippen molar-refractivity contribution in [3.63, 3.8) is 0 Å². The molecule has 0 spiro atoms. The minimum atomic E-state index is 0. The van der Waals surface area contributed by atoms with Crippen LogP contribution in [0.15, 0.2) is 120 Å². The summed E-state index contributed by atoms with van der Waals surface area (Å²) >= 11 is 29.5. The van der Waals surface area contributed by atoms with Gasteiger partial charge in [-0.25, -0.2) is 0 Å². The quantitative estimate of drug-likeness (QED) is 0.0752. The summed E-state index contributed by atoms with van der Waals surface area (Å²) < 4.78 is 2.20. The van der Waals surface area contributed by atoms with E-state index in [4.69, 9.17) is 62.8 Å². The smallest absolute Gasteiger partial charge is 1.00 e. The Balaban J connectivity index is 0.000000200. The van der Waals surface area contributed by atoms with Crippen LogP contribution in [-0.2, 0) is 22.1 Å². The molecule has 0 amide bonds. The zero-order chi connectivity index (χ0) is 37.3. The van der Waals surface area contributed by atoms with Crippen LogP contribution < -0.4 is 29.6 Å². The van der Waals surface area contributed by atoms with Gasteiger partial charge >= 0.3 is 29.6 Å². The Kier molecular flexibility index (Phi) is 15.1. The molecule has 8 rings (SSSR count). The van der Waals surface area contributed by atoms with Gasteiger partial charge < -0.3 is 20.7 Å². The molecule has 4 aromatic carbocycles. The van der Waals surface area contributed by atoms with E-state index >= 15 is 0 Å². The molecule has 0 fully saturated rings. The third-order valence-electron chi connectivity index (χ3n) is 8.16. The fraction of sp³-hybridized carbons (Fsp3) is 0.100. The minimum Gasteiger partial charge on any atom is -1.00 e. The van der Waals surface area contributed by atoms with Crippen molar-refractivity contribution in [1.82, 2.24) is 19.5 Å². The summed E-state index contributed by atoms with van der Waals surface area (Å²) in [6.45, 7) is 0.608. The Morgan fingerprint density at radius 3 is 1.87 bits per heavy atom. The molecule has 1 N–H and O–H groups in total. The molecular formula is C40H32Cl5N6NaO2. The number of aromatic nitrogens is 4. The SMILES string of the molecule is CO/N=C/c1cc2c(cn1)[nH]c1ccccc12.CO/N=C/c1cc2c3ccccc3n(Cc3cc(Cl)ccc3Cl)c2cn1.ClCc1cc(Cl)ccc1Cl.[H-].[Na+]. The maximum absolute atomic E-state index is 6.38. The largest absolute Gasteiger partial charge is 1.00 e. The van der Waals surface area contributed by atoms with Crippen molar-refractivity contribution in [3.8, 4) is 0 Å². The number of benzene rings is 4. The number of halogens is 5. The maximum Gasteiger partial charge on any atom is 1.00 e. The topological polar surface area (TPSA) is 89.7 Å². The monoisotopic (exact) mass is 826 g/mol. The summed E-state index contributed by atoms with van der Waals surface area (Å²) in [6, 6.07) is 31.2. The van der Waals surface area contributed by atoms with E-state index in [1.54, 1.807) is 36.7 Å². The molecule has 0 radical (unpaired) electrons. The first-order valence-electron chi connectivity index (χ1n) is 16.1. The fourth-order valence-corrected chi connectivity index (χ4v) is 6.77. The van der Waals surface area contributed by atoms with E-state index < -0.39 is 0 Å². The van der Waals surface area contributed by atoms with Gasteiger partial charge in [0.1, 0.15) is 14.2 Å². The van der Waals surface area contributed by atoms with Crippen LogP contribution in [0.3, 0.4) is 0 Å². The number of nitrogens with zero attached hydrogens (tertiary/aromatic N) is 5. The number of oxime groups is 2. The predicted octanol–water partition coefficient (Wildman–Crippen LogP) is 9.07. The van der Waals surface area contributed by atoms with Gasteiger partial charge in [-0.3, -0.25) is 9.97 Å². The molecular weight excluding hydrogens is 797 g/mol. The number of rotatable bonds is 7. The molecule has 0 atom stereocenters. The first kappa shape index (κ1) is 41.3. The number of fused-ring (bicyclic) bond motifs is 6. The molecule has 0 unspecified atom stereocenters. The van der Waals surface area contributed by atoms with Crippen LogP contribution in [0.4, 0.5) is 0 Å². The van der Waals surface area contributed by atoms with Crippen LogP contribution in [0.25, 0.3) is 43.6 Å². The van der Waals surface area contributed by atoms with E-state index in [0.717, 1.165) is 60.7 Å². The van der Waals surface area contributed by atoms with Crippen LogP contribution in [-0.4, -0.2) is 46.2 Å². The Morgan fingerprint density at radius 2 is 1.22 bits per heavy atom. The fourth-order valence-electron chi connectivity index (χ4n) is 5.73. The number of aromatic amines is 1. The third-order valence-corrected chi connectivity index (χ3v) is 9.66. The summed E-state index contributed by atoms with van der Waals surface area (Å²) in [5.74, 6) is 0.402.